The summed E-state index contributed by atoms with van der Waals surface area (Å²) in [6.45, 7) is 5.83. The Morgan fingerprint density at radius 1 is 1.21 bits per heavy atom. The third kappa shape index (κ3) is 4.53. The van der Waals surface area contributed by atoms with Crippen molar-refractivity contribution in [3.05, 3.63) is 64.0 Å². The van der Waals surface area contributed by atoms with Crippen molar-refractivity contribution in [3.63, 3.8) is 0 Å². The summed E-state index contributed by atoms with van der Waals surface area (Å²) in [5, 5.41) is 18.1. The van der Waals surface area contributed by atoms with Gasteiger partial charge in [0, 0.05) is 13.1 Å². The summed E-state index contributed by atoms with van der Waals surface area (Å²) in [7, 11) is -9.07. The smallest absolute Gasteiger partial charge is 0.393 e. The van der Waals surface area contributed by atoms with Crippen LogP contribution in [0, 0.1) is 13.5 Å². The van der Waals surface area contributed by atoms with Gasteiger partial charge in [-0.15, -0.1) is 0 Å². The highest BCUT2D eigenvalue weighted by atomic mass is 35.5. The number of nitrogens with zero attached hydrogens (tertiary/aromatic N) is 2. The minimum Gasteiger partial charge on any atom is -0.393 e. The van der Waals surface area contributed by atoms with Gasteiger partial charge in [0.15, 0.2) is 15.5 Å². The van der Waals surface area contributed by atoms with E-state index in [-0.39, 0.29) is 10.6 Å². The molecule has 184 valence electrons. The minimum atomic E-state index is -4.77. The minimum absolute atomic E-state index is 0.198. The molecule has 1 aliphatic rings. The number of hydrogen-bond acceptors (Lipinski definition) is 6. The first kappa shape index (κ1) is 26.4. The van der Waals surface area contributed by atoms with Gasteiger partial charge in [-0.1, -0.05) is 29.8 Å². The van der Waals surface area contributed by atoms with Crippen LogP contribution < -0.4 is 0 Å². The lowest BCUT2D eigenvalue weighted by atomic mass is 10.1. The van der Waals surface area contributed by atoms with Gasteiger partial charge < -0.3 is 10.2 Å². The molecule has 2 atom stereocenters. The molecule has 0 saturated carbocycles. The second-order valence-corrected chi connectivity index (χ2v) is 12.2. The lowest BCUT2D eigenvalue weighted by Crippen LogP contribution is -2.49. The molecular weight excluding hydrogens is 521 g/mol. The molecule has 2 aromatic carbocycles. The van der Waals surface area contributed by atoms with Crippen LogP contribution in [0.5, 0.6) is 0 Å². The third-order valence-corrected chi connectivity index (χ3v) is 10.1. The van der Waals surface area contributed by atoms with Gasteiger partial charge in [0.25, 0.3) is 0 Å². The normalized spacial score (nSPS) is 22.0. The molecule has 1 fully saturated rings. The van der Waals surface area contributed by atoms with Crippen molar-refractivity contribution in [2.75, 3.05) is 19.7 Å². The van der Waals surface area contributed by atoms with E-state index in [1.165, 1.54) is 19.1 Å². The molecule has 14 heteroatoms. The molecule has 1 saturated heterocycles. The fourth-order valence-corrected chi connectivity index (χ4v) is 7.83. The Kier molecular flexibility index (Phi) is 6.82. The van der Waals surface area contributed by atoms with Gasteiger partial charge in [-0.05, 0) is 30.7 Å². The van der Waals surface area contributed by atoms with Crippen LogP contribution >= 0.6 is 11.6 Å². The summed E-state index contributed by atoms with van der Waals surface area (Å²) >= 11 is 5.81. The van der Waals surface area contributed by atoms with E-state index < -0.39 is 72.1 Å². The van der Waals surface area contributed by atoms with E-state index in [0.29, 0.717) is 28.1 Å². The van der Waals surface area contributed by atoms with E-state index >= 15 is 0 Å². The first-order chi connectivity index (χ1) is 15.6. The number of aliphatic hydroxyl groups excluding tert-OH is 1. The SMILES string of the molecule is [C-]#[N+]c1ccc(S(=O)(=O)[C@H]2CN(S(=O)(=O)c3ccc(C(F)(F)F)cc3Cl)C[C@@]2(O)CO)cc1C. The molecule has 1 aliphatic heterocycles. The van der Waals surface area contributed by atoms with E-state index in [1.54, 1.807) is 0 Å². The first-order valence-corrected chi connectivity index (χ1v) is 12.9. The van der Waals surface area contributed by atoms with Crippen molar-refractivity contribution < 1.29 is 40.2 Å². The number of rotatable bonds is 5. The highest BCUT2D eigenvalue weighted by Crippen LogP contribution is 2.38. The van der Waals surface area contributed by atoms with Gasteiger partial charge >= 0.3 is 6.18 Å². The van der Waals surface area contributed by atoms with Gasteiger partial charge in [-0.25, -0.2) is 21.7 Å². The second-order valence-electron chi connectivity index (χ2n) is 7.80. The van der Waals surface area contributed by atoms with E-state index in [2.05, 4.69) is 4.85 Å². The first-order valence-electron chi connectivity index (χ1n) is 9.50. The summed E-state index contributed by atoms with van der Waals surface area (Å²) < 4.78 is 92.0. The molecule has 0 amide bonds. The van der Waals surface area contributed by atoms with Crippen molar-refractivity contribution >= 4 is 37.1 Å². The number of β-amino-alcohol motifs (C(OH)–C–C–N with tert-alkyl or cyclic N) is 1. The van der Waals surface area contributed by atoms with Crippen molar-refractivity contribution in [2.24, 2.45) is 0 Å². The molecule has 0 aromatic heterocycles. The zero-order valence-electron chi connectivity index (χ0n) is 17.4. The maximum atomic E-state index is 13.3. The maximum Gasteiger partial charge on any atom is 0.416 e. The van der Waals surface area contributed by atoms with E-state index in [9.17, 15) is 40.2 Å². The van der Waals surface area contributed by atoms with Gasteiger partial charge in [0.1, 0.15) is 15.7 Å². The van der Waals surface area contributed by atoms with Crippen molar-refractivity contribution in [1.29, 1.82) is 0 Å². The highest BCUT2D eigenvalue weighted by molar-refractivity contribution is 7.92. The summed E-state index contributed by atoms with van der Waals surface area (Å²) in [4.78, 5) is 2.24. The Morgan fingerprint density at radius 2 is 1.85 bits per heavy atom. The molecule has 3 rings (SSSR count). The Balaban J connectivity index is 2.03. The van der Waals surface area contributed by atoms with Crippen molar-refractivity contribution in [3.8, 4) is 0 Å². The van der Waals surface area contributed by atoms with Gasteiger partial charge in [-0.2, -0.15) is 17.5 Å². The Labute approximate surface area is 199 Å². The monoisotopic (exact) mass is 538 g/mol. The molecule has 1 heterocycles. The van der Waals surface area contributed by atoms with Crippen LogP contribution in [-0.4, -0.2) is 61.9 Å². The lowest BCUT2D eigenvalue weighted by Gasteiger charge is -2.26. The van der Waals surface area contributed by atoms with Crippen molar-refractivity contribution in [2.45, 2.75) is 33.7 Å². The number of alkyl halides is 3. The zero-order valence-corrected chi connectivity index (χ0v) is 19.8. The standard InChI is InChI=1S/C20H18ClF3N2O6S2/c1-12-7-14(4-5-16(12)25-2)33(29,30)18-9-26(10-19(18,28)11-27)34(31,32)17-6-3-13(8-15(17)21)20(22,23)24/h3-8,18,27-28H,9-11H2,1H3/t18-,19+/m0/s1. The Morgan fingerprint density at radius 3 is 2.35 bits per heavy atom. The van der Waals surface area contributed by atoms with Gasteiger partial charge in [-0.3, -0.25) is 0 Å². The quantitative estimate of drug-likeness (QED) is 0.566. The predicted molar refractivity (Wildman–Crippen MR) is 116 cm³/mol. The van der Waals surface area contributed by atoms with E-state index in [4.69, 9.17) is 18.2 Å². The molecule has 0 radical (unpaired) electrons. The lowest BCUT2D eigenvalue weighted by molar-refractivity contribution is -0.137. The van der Waals surface area contributed by atoms with E-state index in [1.807, 2.05) is 0 Å². The molecule has 0 unspecified atom stereocenters. The van der Waals surface area contributed by atoms with Crippen LogP contribution in [0.2, 0.25) is 5.02 Å². The maximum absolute atomic E-state index is 13.3. The van der Waals surface area contributed by atoms with E-state index in [0.717, 1.165) is 6.07 Å². The third-order valence-electron chi connectivity index (χ3n) is 5.56. The van der Waals surface area contributed by atoms with Crippen LogP contribution in [0.25, 0.3) is 4.85 Å². The molecule has 2 aromatic rings. The number of aryl methyl sites for hydroxylation is 1. The second kappa shape index (κ2) is 8.78. The van der Waals surface area contributed by atoms with Crippen LogP contribution in [0.15, 0.2) is 46.2 Å². The number of halogens is 4. The topological polar surface area (TPSA) is 116 Å². The van der Waals surface area contributed by atoms with Crippen LogP contribution in [0.4, 0.5) is 18.9 Å². The van der Waals surface area contributed by atoms with Crippen LogP contribution in [0.1, 0.15) is 11.1 Å². The molecular formula is C20H18ClF3N2O6S2. The highest BCUT2D eigenvalue weighted by Gasteiger charge is 2.55. The van der Waals surface area contributed by atoms with Crippen molar-refractivity contribution in [1.82, 2.24) is 4.31 Å². The fraction of sp³-hybridized carbons (Fsp3) is 0.350. The number of aliphatic hydroxyl groups is 2. The number of sulfonamides is 1. The largest absolute Gasteiger partial charge is 0.416 e. The Hall–Kier alpha value is -2.21. The number of sulfone groups is 1. The molecule has 2 N–H and O–H groups in total. The Bertz CT molecular complexity index is 1390. The molecule has 0 bridgehead atoms. The average Bonchev–Trinajstić information content (AvgIpc) is 3.12. The van der Waals surface area contributed by atoms with Gasteiger partial charge in [0.2, 0.25) is 10.0 Å². The number of hydrogen-bond donors (Lipinski definition) is 2. The molecule has 0 aliphatic carbocycles. The van der Waals surface area contributed by atoms with Crippen LogP contribution in [-0.2, 0) is 26.0 Å². The predicted octanol–water partition coefficient (Wildman–Crippen LogP) is 2.79. The zero-order chi connectivity index (χ0) is 25.7. The number of benzene rings is 2. The average molecular weight is 539 g/mol. The molecule has 8 nitrogen and oxygen atoms in total. The molecule has 0 spiro atoms. The summed E-state index contributed by atoms with van der Waals surface area (Å²) in [5.41, 5.74) is -3.05. The fourth-order valence-electron chi connectivity index (χ4n) is 3.67. The summed E-state index contributed by atoms with van der Waals surface area (Å²) in [6.07, 6.45) is -4.77. The summed E-state index contributed by atoms with van der Waals surface area (Å²) in [6, 6.07) is 5.19. The summed E-state index contributed by atoms with van der Waals surface area (Å²) in [5.74, 6) is 0. The molecule has 34 heavy (non-hydrogen) atoms. The van der Waals surface area contributed by atoms with Gasteiger partial charge in [0.05, 0.1) is 28.7 Å². The van der Waals surface area contributed by atoms with Crippen LogP contribution in [0.3, 0.4) is 0 Å².